The van der Waals surface area contributed by atoms with Crippen molar-refractivity contribution < 1.29 is 0 Å². The monoisotopic (exact) mass is 239 g/mol. The predicted octanol–water partition coefficient (Wildman–Crippen LogP) is 1.79. The average molecular weight is 239 g/mol. The van der Waals surface area contributed by atoms with Gasteiger partial charge >= 0.3 is 0 Å². The highest BCUT2D eigenvalue weighted by atomic mass is 15.1. The lowest BCUT2D eigenvalue weighted by atomic mass is 10.0. The van der Waals surface area contributed by atoms with Gasteiger partial charge in [0.15, 0.2) is 0 Å². The lowest BCUT2D eigenvalue weighted by molar-refractivity contribution is 0.902. The number of benzene rings is 1. The van der Waals surface area contributed by atoms with Crippen molar-refractivity contribution in [3.63, 3.8) is 0 Å². The second-order valence-electron chi connectivity index (χ2n) is 4.20. The number of aromatic nitrogens is 4. The van der Waals surface area contributed by atoms with Gasteiger partial charge in [-0.15, -0.1) is 0 Å². The van der Waals surface area contributed by atoms with Crippen LogP contribution in [0.2, 0.25) is 0 Å². The summed E-state index contributed by atoms with van der Waals surface area (Å²) in [5.41, 5.74) is 10.4. The second-order valence-corrected chi connectivity index (χ2v) is 4.20. The molecule has 0 fully saturated rings. The number of nitrogens with zero attached hydrogens (tertiary/aromatic N) is 3. The van der Waals surface area contributed by atoms with Gasteiger partial charge in [0, 0.05) is 17.5 Å². The van der Waals surface area contributed by atoms with Crippen LogP contribution in [0.4, 0.5) is 0 Å². The standard InChI is InChI=1S/C13H13N5/c1-8-2-4-11-10(7-15-17-11)13(8)12-5-3-9(6-14)16-18-12/h2-5,7H,6,14H2,1H3,(H,15,17). The largest absolute Gasteiger partial charge is 0.325 e. The zero-order valence-corrected chi connectivity index (χ0v) is 10.0. The van der Waals surface area contributed by atoms with Gasteiger partial charge in [-0.2, -0.15) is 15.3 Å². The highest BCUT2D eigenvalue weighted by Crippen LogP contribution is 2.29. The minimum absolute atomic E-state index is 0.405. The molecular weight excluding hydrogens is 226 g/mol. The van der Waals surface area contributed by atoms with Crippen molar-refractivity contribution in [2.75, 3.05) is 0 Å². The van der Waals surface area contributed by atoms with E-state index in [-0.39, 0.29) is 0 Å². The minimum atomic E-state index is 0.405. The third-order valence-corrected chi connectivity index (χ3v) is 3.02. The van der Waals surface area contributed by atoms with Crippen LogP contribution in [-0.2, 0) is 6.54 Å². The molecule has 1 aromatic carbocycles. The summed E-state index contributed by atoms with van der Waals surface area (Å²) in [6, 6.07) is 7.92. The van der Waals surface area contributed by atoms with Crippen molar-refractivity contribution in [3.05, 3.63) is 41.7 Å². The summed E-state index contributed by atoms with van der Waals surface area (Å²) in [6.07, 6.45) is 1.82. The molecule has 2 aromatic heterocycles. The molecule has 3 aromatic rings. The van der Waals surface area contributed by atoms with Crippen molar-refractivity contribution >= 4 is 10.9 Å². The Morgan fingerprint density at radius 1 is 1.17 bits per heavy atom. The van der Waals surface area contributed by atoms with Crippen molar-refractivity contribution in [1.82, 2.24) is 20.4 Å². The molecule has 5 nitrogen and oxygen atoms in total. The first-order chi connectivity index (χ1) is 8.79. The van der Waals surface area contributed by atoms with E-state index in [1.165, 1.54) is 0 Å². The van der Waals surface area contributed by atoms with Crippen LogP contribution in [0.25, 0.3) is 22.2 Å². The summed E-state index contributed by atoms with van der Waals surface area (Å²) in [6.45, 7) is 2.46. The van der Waals surface area contributed by atoms with Crippen molar-refractivity contribution in [3.8, 4) is 11.3 Å². The van der Waals surface area contributed by atoms with Gasteiger partial charge in [-0.3, -0.25) is 5.10 Å². The smallest absolute Gasteiger partial charge is 0.0939 e. The number of hydrogen-bond donors (Lipinski definition) is 2. The van der Waals surface area contributed by atoms with Gasteiger partial charge in [0.2, 0.25) is 0 Å². The minimum Gasteiger partial charge on any atom is -0.325 e. The van der Waals surface area contributed by atoms with E-state index in [0.717, 1.165) is 33.4 Å². The molecule has 3 N–H and O–H groups in total. The van der Waals surface area contributed by atoms with Crippen molar-refractivity contribution in [2.24, 2.45) is 5.73 Å². The molecule has 0 unspecified atom stereocenters. The molecule has 0 aliphatic heterocycles. The Morgan fingerprint density at radius 3 is 2.78 bits per heavy atom. The molecule has 0 amide bonds. The molecule has 0 saturated heterocycles. The second kappa shape index (κ2) is 4.19. The van der Waals surface area contributed by atoms with E-state index in [2.05, 4.69) is 27.3 Å². The summed E-state index contributed by atoms with van der Waals surface area (Å²) in [5.74, 6) is 0. The van der Waals surface area contributed by atoms with Crippen molar-refractivity contribution in [2.45, 2.75) is 13.5 Å². The number of hydrogen-bond acceptors (Lipinski definition) is 4. The maximum Gasteiger partial charge on any atom is 0.0939 e. The van der Waals surface area contributed by atoms with Crippen LogP contribution in [0.5, 0.6) is 0 Å². The van der Waals surface area contributed by atoms with E-state index in [0.29, 0.717) is 6.54 Å². The van der Waals surface area contributed by atoms with Crippen LogP contribution in [0.1, 0.15) is 11.3 Å². The molecule has 5 heteroatoms. The quantitative estimate of drug-likeness (QED) is 0.714. The molecule has 2 heterocycles. The lowest BCUT2D eigenvalue weighted by Crippen LogP contribution is -2.01. The Labute approximate surface area is 104 Å². The molecule has 0 aliphatic rings. The van der Waals surface area contributed by atoms with Crippen LogP contribution in [-0.4, -0.2) is 20.4 Å². The summed E-state index contributed by atoms with van der Waals surface area (Å²) in [5, 5.41) is 16.4. The van der Waals surface area contributed by atoms with Gasteiger partial charge in [0.25, 0.3) is 0 Å². The molecule has 0 spiro atoms. The van der Waals surface area contributed by atoms with E-state index in [4.69, 9.17) is 5.73 Å². The Morgan fingerprint density at radius 2 is 2.06 bits per heavy atom. The molecule has 90 valence electrons. The summed E-state index contributed by atoms with van der Waals surface area (Å²) in [7, 11) is 0. The number of aryl methyl sites for hydroxylation is 1. The van der Waals surface area contributed by atoms with Crippen LogP contribution in [0.3, 0.4) is 0 Å². The van der Waals surface area contributed by atoms with Crippen LogP contribution >= 0.6 is 0 Å². The van der Waals surface area contributed by atoms with Gasteiger partial charge < -0.3 is 5.73 Å². The zero-order chi connectivity index (χ0) is 12.5. The molecular formula is C13H13N5. The van der Waals surface area contributed by atoms with E-state index in [9.17, 15) is 0 Å². The van der Waals surface area contributed by atoms with E-state index in [1.807, 2.05) is 30.5 Å². The summed E-state index contributed by atoms with van der Waals surface area (Å²) in [4.78, 5) is 0. The predicted molar refractivity (Wildman–Crippen MR) is 69.7 cm³/mol. The number of H-pyrrole nitrogens is 1. The third kappa shape index (κ3) is 1.65. The molecule has 0 bridgehead atoms. The topological polar surface area (TPSA) is 80.5 Å². The van der Waals surface area contributed by atoms with E-state index in [1.54, 1.807) is 0 Å². The van der Waals surface area contributed by atoms with Crippen LogP contribution in [0, 0.1) is 6.92 Å². The van der Waals surface area contributed by atoms with Gasteiger partial charge in [0.1, 0.15) is 0 Å². The lowest BCUT2D eigenvalue weighted by Gasteiger charge is -2.06. The molecule has 3 rings (SSSR count). The van der Waals surface area contributed by atoms with Gasteiger partial charge in [0.05, 0.1) is 23.1 Å². The molecule has 0 saturated carbocycles. The summed E-state index contributed by atoms with van der Waals surface area (Å²) < 4.78 is 0. The highest BCUT2D eigenvalue weighted by molar-refractivity contribution is 5.94. The van der Waals surface area contributed by atoms with Crippen molar-refractivity contribution in [1.29, 1.82) is 0 Å². The van der Waals surface area contributed by atoms with E-state index < -0.39 is 0 Å². The number of nitrogens with two attached hydrogens (primary N) is 1. The molecule has 0 radical (unpaired) electrons. The van der Waals surface area contributed by atoms with Gasteiger partial charge in [-0.25, -0.2) is 0 Å². The number of nitrogens with one attached hydrogen (secondary N) is 1. The summed E-state index contributed by atoms with van der Waals surface area (Å²) >= 11 is 0. The van der Waals surface area contributed by atoms with Gasteiger partial charge in [-0.05, 0) is 30.7 Å². The highest BCUT2D eigenvalue weighted by Gasteiger charge is 2.10. The number of rotatable bonds is 2. The third-order valence-electron chi connectivity index (χ3n) is 3.02. The van der Waals surface area contributed by atoms with Gasteiger partial charge in [-0.1, -0.05) is 6.07 Å². The first-order valence-electron chi connectivity index (χ1n) is 5.75. The fourth-order valence-electron chi connectivity index (χ4n) is 2.07. The van der Waals surface area contributed by atoms with Crippen LogP contribution < -0.4 is 5.73 Å². The fourth-order valence-corrected chi connectivity index (χ4v) is 2.07. The molecule has 0 aliphatic carbocycles. The Hall–Kier alpha value is -2.27. The molecule has 0 atom stereocenters. The van der Waals surface area contributed by atoms with Crippen LogP contribution in [0.15, 0.2) is 30.5 Å². The fraction of sp³-hybridized carbons (Fsp3) is 0.154. The number of aromatic amines is 1. The Kier molecular flexibility index (Phi) is 2.53. The number of fused-ring (bicyclic) bond motifs is 1. The van der Waals surface area contributed by atoms with E-state index >= 15 is 0 Å². The first kappa shape index (κ1) is 10.9. The maximum atomic E-state index is 5.52. The average Bonchev–Trinajstić information content (AvgIpc) is 2.87. The normalized spacial score (nSPS) is 11.0. The zero-order valence-electron chi connectivity index (χ0n) is 10.0. The Bertz CT molecular complexity index is 684. The molecule has 18 heavy (non-hydrogen) atoms. The Balaban J connectivity index is 2.23. The SMILES string of the molecule is Cc1ccc2[nH]ncc2c1-c1ccc(CN)nn1. The maximum absolute atomic E-state index is 5.52. The first-order valence-corrected chi connectivity index (χ1v) is 5.75.